The third kappa shape index (κ3) is 2.07. The molecule has 1 saturated carbocycles. The number of fused-ring (bicyclic) bond motifs is 1. The van der Waals surface area contributed by atoms with Crippen LogP contribution < -0.4 is 0 Å². The first-order valence-corrected chi connectivity index (χ1v) is 7.86. The van der Waals surface area contributed by atoms with Gasteiger partial charge in [0.05, 0.1) is 0 Å². The number of halogens is 1. The molecule has 2 aliphatic carbocycles. The Kier molecular flexibility index (Phi) is 3.06. The second kappa shape index (κ2) is 4.42. The van der Waals surface area contributed by atoms with Gasteiger partial charge >= 0.3 is 0 Å². The molecule has 0 amide bonds. The fraction of sp³-hybridized carbons (Fsp3) is 0.625. The molecule has 17 heavy (non-hydrogen) atoms. The van der Waals surface area contributed by atoms with Gasteiger partial charge in [-0.1, -0.05) is 53.9 Å². The monoisotopic (exact) mass is 292 g/mol. The highest BCUT2D eigenvalue weighted by atomic mass is 79.9. The van der Waals surface area contributed by atoms with Crippen molar-refractivity contribution in [2.24, 2.45) is 5.41 Å². The third-order valence-electron chi connectivity index (χ3n) is 4.77. The molecule has 0 aromatic heterocycles. The lowest BCUT2D eigenvalue weighted by atomic mass is 9.81. The number of hydrogen-bond acceptors (Lipinski definition) is 0. The molecule has 1 atom stereocenters. The van der Waals surface area contributed by atoms with Crippen LogP contribution in [0.15, 0.2) is 18.2 Å². The van der Waals surface area contributed by atoms with Crippen molar-refractivity contribution < 1.29 is 0 Å². The summed E-state index contributed by atoms with van der Waals surface area (Å²) in [7, 11) is 0. The van der Waals surface area contributed by atoms with Crippen molar-refractivity contribution in [2.75, 3.05) is 0 Å². The van der Waals surface area contributed by atoms with E-state index in [0.29, 0.717) is 10.2 Å². The molecule has 1 fully saturated rings. The predicted octanol–water partition coefficient (Wildman–Crippen LogP) is 5.19. The number of benzene rings is 1. The fourth-order valence-corrected chi connectivity index (χ4v) is 4.33. The van der Waals surface area contributed by atoms with Crippen molar-refractivity contribution in [3.8, 4) is 0 Å². The molecule has 3 rings (SSSR count). The van der Waals surface area contributed by atoms with Gasteiger partial charge in [-0.2, -0.15) is 0 Å². The second-order valence-corrected chi connectivity index (χ2v) is 7.02. The molecule has 0 N–H and O–H groups in total. The van der Waals surface area contributed by atoms with E-state index in [0.717, 1.165) is 0 Å². The minimum absolute atomic E-state index is 0.479. The Labute approximate surface area is 113 Å². The Balaban J connectivity index is 1.88. The van der Waals surface area contributed by atoms with Gasteiger partial charge in [-0.25, -0.2) is 0 Å². The van der Waals surface area contributed by atoms with Crippen molar-refractivity contribution in [1.82, 2.24) is 0 Å². The van der Waals surface area contributed by atoms with Gasteiger partial charge < -0.3 is 0 Å². The van der Waals surface area contributed by atoms with Crippen LogP contribution >= 0.6 is 15.9 Å². The summed E-state index contributed by atoms with van der Waals surface area (Å²) >= 11 is 3.98. The standard InChI is InChI=1S/C16H21Br/c1-16(9-2-3-10-16)15(17)14-8-7-12-5-4-6-13(12)11-14/h7-8,11,15H,2-6,9-10H2,1H3. The SMILES string of the molecule is CC1(C(Br)c2ccc3c(c2)CCC3)CCCC1. The molecule has 0 bridgehead atoms. The molecule has 0 aliphatic heterocycles. The number of hydrogen-bond donors (Lipinski definition) is 0. The summed E-state index contributed by atoms with van der Waals surface area (Å²) in [6.07, 6.45) is 9.50. The summed E-state index contributed by atoms with van der Waals surface area (Å²) in [6.45, 7) is 2.45. The molecule has 0 saturated heterocycles. The van der Waals surface area contributed by atoms with Crippen molar-refractivity contribution in [3.05, 3.63) is 34.9 Å². The molecular weight excluding hydrogens is 272 g/mol. The molecule has 1 heteroatoms. The van der Waals surface area contributed by atoms with E-state index < -0.39 is 0 Å². The Bertz CT molecular complexity index is 416. The van der Waals surface area contributed by atoms with Gasteiger partial charge in [-0.15, -0.1) is 0 Å². The van der Waals surface area contributed by atoms with E-state index in [1.807, 2.05) is 0 Å². The fourth-order valence-electron chi connectivity index (χ4n) is 3.59. The molecule has 1 aromatic rings. The molecule has 1 aromatic carbocycles. The lowest BCUT2D eigenvalue weighted by Gasteiger charge is -2.30. The molecule has 2 aliphatic rings. The van der Waals surface area contributed by atoms with Crippen molar-refractivity contribution in [3.63, 3.8) is 0 Å². The Morgan fingerprint density at radius 3 is 2.53 bits per heavy atom. The first-order valence-electron chi connectivity index (χ1n) is 6.95. The van der Waals surface area contributed by atoms with Crippen LogP contribution in [-0.2, 0) is 12.8 Å². The van der Waals surface area contributed by atoms with Crippen LogP contribution in [0.3, 0.4) is 0 Å². The average molecular weight is 293 g/mol. The first-order chi connectivity index (χ1) is 8.19. The van der Waals surface area contributed by atoms with E-state index >= 15 is 0 Å². The third-order valence-corrected chi connectivity index (χ3v) is 6.41. The summed E-state index contributed by atoms with van der Waals surface area (Å²) in [6, 6.07) is 7.18. The Hall–Kier alpha value is -0.300. The average Bonchev–Trinajstić information content (AvgIpc) is 2.96. The second-order valence-electron chi connectivity index (χ2n) is 6.11. The van der Waals surface area contributed by atoms with Gasteiger partial charge in [-0.05, 0) is 54.2 Å². The minimum Gasteiger partial charge on any atom is -0.0833 e. The Morgan fingerprint density at radius 2 is 1.76 bits per heavy atom. The molecular formula is C16H21Br. The van der Waals surface area contributed by atoms with Crippen LogP contribution in [0.25, 0.3) is 0 Å². The summed E-state index contributed by atoms with van der Waals surface area (Å²) in [4.78, 5) is 0.545. The number of aryl methyl sites for hydroxylation is 2. The van der Waals surface area contributed by atoms with Crippen molar-refractivity contribution >= 4 is 15.9 Å². The quantitative estimate of drug-likeness (QED) is 0.658. The highest BCUT2D eigenvalue weighted by molar-refractivity contribution is 9.09. The normalized spacial score (nSPS) is 23.6. The van der Waals surface area contributed by atoms with E-state index in [4.69, 9.17) is 0 Å². The van der Waals surface area contributed by atoms with Gasteiger partial charge in [0.15, 0.2) is 0 Å². The van der Waals surface area contributed by atoms with Crippen LogP contribution in [-0.4, -0.2) is 0 Å². The van der Waals surface area contributed by atoms with E-state index in [9.17, 15) is 0 Å². The van der Waals surface area contributed by atoms with Gasteiger partial charge in [0.2, 0.25) is 0 Å². The van der Waals surface area contributed by atoms with Gasteiger partial charge in [-0.3, -0.25) is 0 Å². The topological polar surface area (TPSA) is 0 Å². The largest absolute Gasteiger partial charge is 0.0833 e. The summed E-state index contributed by atoms with van der Waals surface area (Å²) in [5.41, 5.74) is 5.18. The van der Waals surface area contributed by atoms with Gasteiger partial charge in [0.1, 0.15) is 0 Å². The van der Waals surface area contributed by atoms with Crippen LogP contribution in [0.5, 0.6) is 0 Å². The van der Waals surface area contributed by atoms with Crippen molar-refractivity contribution in [1.29, 1.82) is 0 Å². The maximum atomic E-state index is 3.98. The highest BCUT2D eigenvalue weighted by Crippen LogP contribution is 2.51. The zero-order valence-corrected chi connectivity index (χ0v) is 12.2. The summed E-state index contributed by atoms with van der Waals surface area (Å²) in [5.74, 6) is 0. The van der Waals surface area contributed by atoms with E-state index in [1.54, 1.807) is 11.1 Å². The number of rotatable bonds is 2. The van der Waals surface area contributed by atoms with Crippen LogP contribution in [0.1, 0.15) is 60.5 Å². The van der Waals surface area contributed by atoms with Crippen LogP contribution in [0.4, 0.5) is 0 Å². The summed E-state index contributed by atoms with van der Waals surface area (Å²) in [5, 5.41) is 0. The molecule has 0 heterocycles. The molecule has 1 unspecified atom stereocenters. The molecule has 0 spiro atoms. The predicted molar refractivity (Wildman–Crippen MR) is 76.7 cm³/mol. The van der Waals surface area contributed by atoms with Crippen LogP contribution in [0, 0.1) is 5.41 Å². The van der Waals surface area contributed by atoms with Gasteiger partial charge in [0, 0.05) is 4.83 Å². The lowest BCUT2D eigenvalue weighted by Crippen LogP contribution is -2.17. The first kappa shape index (κ1) is 11.8. The Morgan fingerprint density at radius 1 is 1.06 bits per heavy atom. The lowest BCUT2D eigenvalue weighted by molar-refractivity contribution is 0.331. The number of alkyl halides is 1. The van der Waals surface area contributed by atoms with E-state index in [1.165, 1.54) is 50.5 Å². The maximum Gasteiger partial charge on any atom is 0.0449 e. The zero-order valence-electron chi connectivity index (χ0n) is 10.6. The molecule has 0 nitrogen and oxygen atoms in total. The zero-order chi connectivity index (χ0) is 11.9. The maximum absolute atomic E-state index is 3.98. The van der Waals surface area contributed by atoms with Crippen molar-refractivity contribution in [2.45, 2.75) is 56.7 Å². The highest BCUT2D eigenvalue weighted by Gasteiger charge is 2.36. The van der Waals surface area contributed by atoms with Crippen LogP contribution in [0.2, 0.25) is 0 Å². The van der Waals surface area contributed by atoms with E-state index in [-0.39, 0.29) is 0 Å². The molecule has 92 valence electrons. The summed E-state index contributed by atoms with van der Waals surface area (Å²) < 4.78 is 0. The van der Waals surface area contributed by atoms with E-state index in [2.05, 4.69) is 41.1 Å². The van der Waals surface area contributed by atoms with Gasteiger partial charge in [0.25, 0.3) is 0 Å². The minimum atomic E-state index is 0.479. The smallest absolute Gasteiger partial charge is 0.0449 e. The molecule has 0 radical (unpaired) electrons.